The lowest BCUT2D eigenvalue weighted by Crippen LogP contribution is -2.01. The predicted octanol–water partition coefficient (Wildman–Crippen LogP) is 11.0. The standard InChI is InChI=1S/C47H31N7/c1-28-39-33-19-9-10-20-35(33)50-43(36-21-11-13-25-48-36)41(39)29(2)40-34-24-23-32(27-38(34)51-44(42(28)40)37-22-12-14-26-49-37)47-53-45(30-15-5-3-6-16-30)52-46(54-47)31-17-7-4-8-18-31/h3-27H,1-2H3. The van der Waals surface area contributed by atoms with Crippen molar-refractivity contribution in [2.24, 2.45) is 0 Å². The van der Waals surface area contributed by atoms with Gasteiger partial charge in [0.25, 0.3) is 0 Å². The molecule has 0 aliphatic rings. The Labute approximate surface area is 311 Å². The van der Waals surface area contributed by atoms with Crippen molar-refractivity contribution >= 4 is 43.4 Å². The minimum Gasteiger partial charge on any atom is -0.255 e. The Morgan fingerprint density at radius 3 is 1.35 bits per heavy atom. The first-order chi connectivity index (χ1) is 26.6. The zero-order chi connectivity index (χ0) is 36.2. The molecule has 0 saturated carbocycles. The fourth-order valence-electron chi connectivity index (χ4n) is 7.69. The normalized spacial score (nSPS) is 11.5. The van der Waals surface area contributed by atoms with Gasteiger partial charge in [0, 0.05) is 50.6 Å². The molecule has 0 radical (unpaired) electrons. The molecule has 10 rings (SSSR count). The zero-order valence-electron chi connectivity index (χ0n) is 29.6. The first kappa shape index (κ1) is 31.5. The van der Waals surface area contributed by atoms with Crippen LogP contribution in [0.25, 0.3) is 100 Å². The Morgan fingerprint density at radius 1 is 0.352 bits per heavy atom. The van der Waals surface area contributed by atoms with Crippen LogP contribution in [0.5, 0.6) is 0 Å². The number of hydrogen-bond acceptors (Lipinski definition) is 7. The molecule has 0 unspecified atom stereocenters. The maximum atomic E-state index is 5.43. The fraction of sp³-hybridized carbons (Fsp3) is 0.0426. The lowest BCUT2D eigenvalue weighted by atomic mass is 9.86. The van der Waals surface area contributed by atoms with E-state index < -0.39 is 0 Å². The molecule has 5 heterocycles. The molecule has 5 aromatic carbocycles. The molecule has 0 aliphatic heterocycles. The van der Waals surface area contributed by atoms with Gasteiger partial charge in [-0.2, -0.15) is 0 Å². The van der Waals surface area contributed by atoms with Crippen LogP contribution in [0.2, 0.25) is 0 Å². The van der Waals surface area contributed by atoms with Crippen molar-refractivity contribution in [3.8, 4) is 56.9 Å². The number of benzene rings is 5. The quantitative estimate of drug-likeness (QED) is 0.131. The van der Waals surface area contributed by atoms with E-state index in [0.717, 1.165) is 93.9 Å². The van der Waals surface area contributed by atoms with Crippen molar-refractivity contribution in [3.05, 3.63) is 163 Å². The summed E-state index contributed by atoms with van der Waals surface area (Å²) in [4.78, 5) is 35.2. The Hall–Kier alpha value is -7.25. The van der Waals surface area contributed by atoms with Gasteiger partial charge in [0.1, 0.15) is 0 Å². The van der Waals surface area contributed by atoms with E-state index in [1.165, 1.54) is 0 Å². The highest BCUT2D eigenvalue weighted by Gasteiger charge is 2.23. The second kappa shape index (κ2) is 12.8. The molecule has 54 heavy (non-hydrogen) atoms. The van der Waals surface area contributed by atoms with Crippen LogP contribution in [0.15, 0.2) is 152 Å². The highest BCUT2D eigenvalue weighted by molar-refractivity contribution is 6.25. The van der Waals surface area contributed by atoms with Crippen LogP contribution in [0.1, 0.15) is 11.1 Å². The number of aromatic nitrogens is 7. The Morgan fingerprint density at radius 2 is 0.815 bits per heavy atom. The number of rotatable bonds is 5. The van der Waals surface area contributed by atoms with Gasteiger partial charge in [-0.25, -0.2) is 24.9 Å². The summed E-state index contributed by atoms with van der Waals surface area (Å²) in [5, 5.41) is 6.52. The number of pyridine rings is 4. The molecule has 0 bridgehead atoms. The topological polar surface area (TPSA) is 90.2 Å². The molecule has 0 amide bonds. The molecule has 0 N–H and O–H groups in total. The van der Waals surface area contributed by atoms with E-state index in [-0.39, 0.29) is 0 Å². The molecule has 254 valence electrons. The van der Waals surface area contributed by atoms with E-state index in [9.17, 15) is 0 Å². The van der Waals surface area contributed by atoms with E-state index >= 15 is 0 Å². The van der Waals surface area contributed by atoms with Crippen molar-refractivity contribution < 1.29 is 0 Å². The molecule has 7 nitrogen and oxygen atoms in total. The molecule has 0 spiro atoms. The number of nitrogens with zero attached hydrogens (tertiary/aromatic N) is 7. The molecule has 0 saturated heterocycles. The van der Waals surface area contributed by atoms with Gasteiger partial charge in [-0.15, -0.1) is 0 Å². The van der Waals surface area contributed by atoms with Crippen molar-refractivity contribution in [1.82, 2.24) is 34.9 Å². The van der Waals surface area contributed by atoms with Crippen LogP contribution in [0.4, 0.5) is 0 Å². The third-order valence-corrected chi connectivity index (χ3v) is 10.2. The molecule has 0 atom stereocenters. The fourth-order valence-corrected chi connectivity index (χ4v) is 7.69. The summed E-state index contributed by atoms with van der Waals surface area (Å²) in [5.41, 5.74) is 9.98. The van der Waals surface area contributed by atoms with Gasteiger partial charge in [0.05, 0.1) is 33.8 Å². The highest BCUT2D eigenvalue weighted by Crippen LogP contribution is 2.45. The van der Waals surface area contributed by atoms with E-state index in [1.807, 2.05) is 116 Å². The van der Waals surface area contributed by atoms with Crippen molar-refractivity contribution in [2.45, 2.75) is 13.8 Å². The van der Waals surface area contributed by atoms with E-state index in [4.69, 9.17) is 34.9 Å². The first-order valence-corrected chi connectivity index (χ1v) is 17.9. The molecular weight excluding hydrogens is 663 g/mol. The van der Waals surface area contributed by atoms with Gasteiger partial charge < -0.3 is 0 Å². The molecule has 7 heteroatoms. The number of fused-ring (bicyclic) bond motifs is 6. The van der Waals surface area contributed by atoms with Crippen LogP contribution in [0, 0.1) is 13.8 Å². The molecule has 10 aromatic rings. The van der Waals surface area contributed by atoms with Crippen molar-refractivity contribution in [1.29, 1.82) is 0 Å². The first-order valence-electron chi connectivity index (χ1n) is 17.9. The average Bonchev–Trinajstić information content (AvgIpc) is 3.25. The van der Waals surface area contributed by atoms with Crippen molar-refractivity contribution in [2.75, 3.05) is 0 Å². The van der Waals surface area contributed by atoms with Crippen LogP contribution in [-0.2, 0) is 0 Å². The maximum absolute atomic E-state index is 5.43. The molecule has 0 aliphatic carbocycles. The van der Waals surface area contributed by atoms with Gasteiger partial charge in [0.2, 0.25) is 0 Å². The van der Waals surface area contributed by atoms with E-state index in [1.54, 1.807) is 0 Å². The zero-order valence-corrected chi connectivity index (χ0v) is 29.6. The number of para-hydroxylation sites is 1. The van der Waals surface area contributed by atoms with Gasteiger partial charge >= 0.3 is 0 Å². The SMILES string of the molecule is Cc1c2c(-c3ccccn3)nc3cc(-c4nc(-c5ccccc5)nc(-c5ccccc5)n4)ccc3c2c(C)c2c(-c3ccccn3)nc3ccccc3c12. The molecule has 5 aromatic heterocycles. The van der Waals surface area contributed by atoms with E-state index in [0.29, 0.717) is 17.5 Å². The number of hydrogen-bond donors (Lipinski definition) is 0. The second-order valence-corrected chi connectivity index (χ2v) is 13.4. The summed E-state index contributed by atoms with van der Waals surface area (Å²) in [6, 6.07) is 46.7. The number of aryl methyl sites for hydroxylation is 2. The van der Waals surface area contributed by atoms with Crippen LogP contribution >= 0.6 is 0 Å². The monoisotopic (exact) mass is 693 g/mol. The summed E-state index contributed by atoms with van der Waals surface area (Å²) in [5.74, 6) is 1.80. The summed E-state index contributed by atoms with van der Waals surface area (Å²) < 4.78 is 0. The maximum Gasteiger partial charge on any atom is 0.164 e. The molecule has 0 fully saturated rings. The van der Waals surface area contributed by atoms with Crippen LogP contribution < -0.4 is 0 Å². The van der Waals surface area contributed by atoms with Crippen LogP contribution in [0.3, 0.4) is 0 Å². The third-order valence-electron chi connectivity index (χ3n) is 10.2. The largest absolute Gasteiger partial charge is 0.255 e. The minimum absolute atomic E-state index is 0.574. The van der Waals surface area contributed by atoms with Gasteiger partial charge in [-0.3, -0.25) is 9.97 Å². The summed E-state index contributed by atoms with van der Waals surface area (Å²) in [6.45, 7) is 4.40. The smallest absolute Gasteiger partial charge is 0.164 e. The third kappa shape index (κ3) is 5.17. The predicted molar refractivity (Wildman–Crippen MR) is 218 cm³/mol. The Bertz CT molecular complexity index is 2980. The van der Waals surface area contributed by atoms with E-state index in [2.05, 4.69) is 50.2 Å². The molecular formula is C47H31N7. The lowest BCUT2D eigenvalue weighted by Gasteiger charge is -2.20. The minimum atomic E-state index is 0.574. The summed E-state index contributed by atoms with van der Waals surface area (Å²) in [7, 11) is 0. The lowest BCUT2D eigenvalue weighted by molar-refractivity contribution is 1.07. The van der Waals surface area contributed by atoms with Gasteiger partial charge in [0.15, 0.2) is 17.5 Å². The highest BCUT2D eigenvalue weighted by atomic mass is 15.0. The Balaban J connectivity index is 1.30. The van der Waals surface area contributed by atoms with Gasteiger partial charge in [-0.1, -0.05) is 103 Å². The van der Waals surface area contributed by atoms with Crippen LogP contribution in [-0.4, -0.2) is 34.9 Å². The average molecular weight is 694 g/mol. The summed E-state index contributed by atoms with van der Waals surface area (Å²) in [6.07, 6.45) is 3.65. The van der Waals surface area contributed by atoms with Gasteiger partial charge in [-0.05, 0) is 72.1 Å². The Kier molecular flexibility index (Phi) is 7.44. The summed E-state index contributed by atoms with van der Waals surface area (Å²) >= 11 is 0. The second-order valence-electron chi connectivity index (χ2n) is 13.4. The van der Waals surface area contributed by atoms with Crippen molar-refractivity contribution in [3.63, 3.8) is 0 Å².